The molecular formula is C18H16O3. The quantitative estimate of drug-likeness (QED) is 0.672. The summed E-state index contributed by atoms with van der Waals surface area (Å²) in [5, 5.41) is 0.971. The first-order valence-electron chi connectivity index (χ1n) is 6.79. The summed E-state index contributed by atoms with van der Waals surface area (Å²) in [6.07, 6.45) is 0. The van der Waals surface area contributed by atoms with E-state index in [0.717, 1.165) is 22.1 Å². The second kappa shape index (κ2) is 5.09. The molecule has 0 radical (unpaired) electrons. The van der Waals surface area contributed by atoms with Crippen molar-refractivity contribution in [3.63, 3.8) is 0 Å². The van der Waals surface area contributed by atoms with E-state index in [4.69, 9.17) is 9.15 Å². The maximum atomic E-state index is 12.7. The molecule has 0 N–H and O–H groups in total. The second-order valence-electron chi connectivity index (χ2n) is 5.09. The van der Waals surface area contributed by atoms with E-state index in [1.807, 2.05) is 44.2 Å². The van der Waals surface area contributed by atoms with E-state index in [2.05, 4.69) is 0 Å². The number of para-hydroxylation sites is 1. The summed E-state index contributed by atoms with van der Waals surface area (Å²) in [7, 11) is 1.56. The number of carbonyl (C=O) groups is 1. The topological polar surface area (TPSA) is 39.4 Å². The first-order valence-corrected chi connectivity index (χ1v) is 6.79. The van der Waals surface area contributed by atoms with Gasteiger partial charge in [0, 0.05) is 10.9 Å². The number of ketones is 1. The average Bonchev–Trinajstić information content (AvgIpc) is 2.82. The van der Waals surface area contributed by atoms with Gasteiger partial charge >= 0.3 is 0 Å². The van der Waals surface area contributed by atoms with Gasteiger partial charge in [-0.25, -0.2) is 0 Å². The van der Waals surface area contributed by atoms with E-state index in [-0.39, 0.29) is 5.78 Å². The maximum absolute atomic E-state index is 12.7. The number of fused-ring (bicyclic) bond motifs is 1. The standard InChI is InChI=1S/C18H16O3/c1-11-8-9-13-12(2)18(21-16(13)10-11)17(19)14-6-4-5-7-15(14)20-3/h4-10H,1-3H3. The number of hydrogen-bond acceptors (Lipinski definition) is 3. The van der Waals surface area contributed by atoms with Crippen LogP contribution in [0, 0.1) is 13.8 Å². The zero-order chi connectivity index (χ0) is 15.0. The molecule has 3 heteroatoms. The molecule has 1 heterocycles. The molecule has 1 aromatic heterocycles. The van der Waals surface area contributed by atoms with Gasteiger partial charge in [0.15, 0.2) is 5.76 Å². The van der Waals surface area contributed by atoms with Gasteiger partial charge in [0.05, 0.1) is 12.7 Å². The van der Waals surface area contributed by atoms with E-state index < -0.39 is 0 Å². The fraction of sp³-hybridized carbons (Fsp3) is 0.167. The molecule has 3 aromatic rings. The van der Waals surface area contributed by atoms with Gasteiger partial charge in [0.2, 0.25) is 5.78 Å². The molecular weight excluding hydrogens is 264 g/mol. The van der Waals surface area contributed by atoms with Crippen molar-refractivity contribution in [2.24, 2.45) is 0 Å². The summed E-state index contributed by atoms with van der Waals surface area (Å²) in [5.74, 6) is 0.775. The average molecular weight is 280 g/mol. The number of furan rings is 1. The monoisotopic (exact) mass is 280 g/mol. The molecule has 21 heavy (non-hydrogen) atoms. The Labute approximate surface area is 123 Å². The van der Waals surface area contributed by atoms with E-state index in [1.54, 1.807) is 19.2 Å². The first kappa shape index (κ1) is 13.4. The molecule has 0 aliphatic carbocycles. The van der Waals surface area contributed by atoms with Crippen LogP contribution in [-0.2, 0) is 0 Å². The van der Waals surface area contributed by atoms with Crippen LogP contribution in [0.2, 0.25) is 0 Å². The van der Waals surface area contributed by atoms with Gasteiger partial charge < -0.3 is 9.15 Å². The lowest BCUT2D eigenvalue weighted by atomic mass is 10.0. The fourth-order valence-electron chi connectivity index (χ4n) is 2.50. The molecule has 0 bridgehead atoms. The van der Waals surface area contributed by atoms with Crippen molar-refractivity contribution in [3.05, 3.63) is 64.9 Å². The number of hydrogen-bond donors (Lipinski definition) is 0. The molecule has 0 atom stereocenters. The summed E-state index contributed by atoms with van der Waals surface area (Å²) < 4.78 is 11.0. The SMILES string of the molecule is COc1ccccc1C(=O)c1oc2cc(C)ccc2c1C. The third kappa shape index (κ3) is 2.21. The minimum absolute atomic E-state index is 0.154. The lowest BCUT2D eigenvalue weighted by Crippen LogP contribution is -2.04. The third-order valence-corrected chi connectivity index (χ3v) is 3.65. The van der Waals surface area contributed by atoms with Gasteiger partial charge in [-0.2, -0.15) is 0 Å². The summed E-state index contributed by atoms with van der Waals surface area (Å²) >= 11 is 0. The van der Waals surface area contributed by atoms with Crippen LogP contribution >= 0.6 is 0 Å². The number of methoxy groups -OCH3 is 1. The van der Waals surface area contributed by atoms with Crippen molar-refractivity contribution in [1.29, 1.82) is 0 Å². The van der Waals surface area contributed by atoms with Crippen LogP contribution in [0.15, 0.2) is 46.9 Å². The zero-order valence-electron chi connectivity index (χ0n) is 12.3. The molecule has 106 valence electrons. The molecule has 0 saturated heterocycles. The molecule has 0 amide bonds. The highest BCUT2D eigenvalue weighted by Gasteiger charge is 2.21. The first-order chi connectivity index (χ1) is 10.1. The number of carbonyl (C=O) groups excluding carboxylic acids is 1. The normalized spacial score (nSPS) is 10.8. The van der Waals surface area contributed by atoms with Gasteiger partial charge in [-0.1, -0.05) is 24.3 Å². The van der Waals surface area contributed by atoms with Crippen molar-refractivity contribution < 1.29 is 13.9 Å². The van der Waals surface area contributed by atoms with Crippen molar-refractivity contribution in [2.45, 2.75) is 13.8 Å². The van der Waals surface area contributed by atoms with Crippen LogP contribution in [0.1, 0.15) is 27.2 Å². The number of benzene rings is 2. The highest BCUT2D eigenvalue weighted by molar-refractivity contribution is 6.12. The Morgan fingerprint density at radius 2 is 1.86 bits per heavy atom. The molecule has 0 fully saturated rings. The fourth-order valence-corrected chi connectivity index (χ4v) is 2.50. The predicted octanol–water partition coefficient (Wildman–Crippen LogP) is 4.29. The lowest BCUT2D eigenvalue weighted by Gasteiger charge is -2.05. The molecule has 0 aliphatic heterocycles. The van der Waals surface area contributed by atoms with E-state index >= 15 is 0 Å². The predicted molar refractivity (Wildman–Crippen MR) is 82.1 cm³/mol. The smallest absolute Gasteiger partial charge is 0.232 e. The molecule has 2 aromatic carbocycles. The Bertz CT molecular complexity index is 828. The van der Waals surface area contributed by atoms with Crippen LogP contribution in [0.5, 0.6) is 5.75 Å². The highest BCUT2D eigenvalue weighted by Crippen LogP contribution is 2.30. The minimum atomic E-state index is -0.154. The van der Waals surface area contributed by atoms with Crippen molar-refractivity contribution in [3.8, 4) is 5.75 Å². The van der Waals surface area contributed by atoms with Crippen LogP contribution in [0.25, 0.3) is 11.0 Å². The number of aryl methyl sites for hydroxylation is 2. The summed E-state index contributed by atoms with van der Waals surface area (Å²) in [5.41, 5.74) is 3.22. The number of ether oxygens (including phenoxy) is 1. The molecule has 0 spiro atoms. The second-order valence-corrected chi connectivity index (χ2v) is 5.09. The summed E-state index contributed by atoms with van der Waals surface area (Å²) in [6, 6.07) is 13.1. The van der Waals surface area contributed by atoms with Crippen LogP contribution in [0.4, 0.5) is 0 Å². The van der Waals surface area contributed by atoms with Gasteiger partial charge in [0.1, 0.15) is 11.3 Å². The third-order valence-electron chi connectivity index (χ3n) is 3.65. The van der Waals surface area contributed by atoms with Crippen molar-refractivity contribution in [2.75, 3.05) is 7.11 Å². The van der Waals surface area contributed by atoms with Crippen LogP contribution in [-0.4, -0.2) is 12.9 Å². The largest absolute Gasteiger partial charge is 0.496 e. The Balaban J connectivity index is 2.16. The number of rotatable bonds is 3. The van der Waals surface area contributed by atoms with Gasteiger partial charge in [-0.3, -0.25) is 4.79 Å². The lowest BCUT2D eigenvalue weighted by molar-refractivity contribution is 0.101. The minimum Gasteiger partial charge on any atom is -0.496 e. The van der Waals surface area contributed by atoms with Gasteiger partial charge in [-0.15, -0.1) is 0 Å². The molecule has 0 saturated carbocycles. The van der Waals surface area contributed by atoms with Gasteiger partial charge in [0.25, 0.3) is 0 Å². The molecule has 3 rings (SSSR count). The summed E-state index contributed by atoms with van der Waals surface area (Å²) in [6.45, 7) is 3.91. The maximum Gasteiger partial charge on any atom is 0.232 e. The zero-order valence-corrected chi connectivity index (χ0v) is 12.3. The van der Waals surface area contributed by atoms with Crippen molar-refractivity contribution >= 4 is 16.8 Å². The molecule has 0 unspecified atom stereocenters. The highest BCUT2D eigenvalue weighted by atomic mass is 16.5. The van der Waals surface area contributed by atoms with E-state index in [0.29, 0.717) is 17.1 Å². The van der Waals surface area contributed by atoms with E-state index in [9.17, 15) is 4.79 Å². The molecule has 3 nitrogen and oxygen atoms in total. The Morgan fingerprint density at radius 1 is 1.10 bits per heavy atom. The Hall–Kier alpha value is -2.55. The van der Waals surface area contributed by atoms with Crippen molar-refractivity contribution in [1.82, 2.24) is 0 Å². The van der Waals surface area contributed by atoms with Gasteiger partial charge in [-0.05, 0) is 37.6 Å². The Morgan fingerprint density at radius 3 is 2.62 bits per heavy atom. The van der Waals surface area contributed by atoms with Crippen LogP contribution in [0.3, 0.4) is 0 Å². The Kier molecular flexibility index (Phi) is 3.26. The summed E-state index contributed by atoms with van der Waals surface area (Å²) in [4.78, 5) is 12.7. The van der Waals surface area contributed by atoms with Crippen LogP contribution < -0.4 is 4.74 Å². The van der Waals surface area contributed by atoms with E-state index in [1.165, 1.54) is 0 Å². The molecule has 0 aliphatic rings.